The Morgan fingerprint density at radius 2 is 1.84 bits per heavy atom. The Hall–Kier alpha value is -1.72. The summed E-state index contributed by atoms with van der Waals surface area (Å²) in [5, 5.41) is 0. The summed E-state index contributed by atoms with van der Waals surface area (Å²) in [4.78, 5) is 11.8. The van der Waals surface area contributed by atoms with Gasteiger partial charge in [0.05, 0.1) is 5.56 Å². The first-order chi connectivity index (χ1) is 9.02. The number of nitrogens with zero attached hydrogens (tertiary/aromatic N) is 1. The van der Waals surface area contributed by atoms with Gasteiger partial charge < -0.3 is 9.64 Å². The molecule has 0 unspecified atom stereocenters. The SMILES string of the molecule is O=[C]OC1CCN(c2ccccc2C(F)(F)F)CC1. The van der Waals surface area contributed by atoms with Crippen LogP contribution in [0.15, 0.2) is 24.3 Å². The van der Waals surface area contributed by atoms with Crippen molar-refractivity contribution in [1.29, 1.82) is 0 Å². The third-order valence-electron chi connectivity index (χ3n) is 3.21. The van der Waals surface area contributed by atoms with Gasteiger partial charge in [0.1, 0.15) is 6.10 Å². The minimum Gasteiger partial charge on any atom is -0.454 e. The highest BCUT2D eigenvalue weighted by Crippen LogP contribution is 2.37. The van der Waals surface area contributed by atoms with Gasteiger partial charge in [0.2, 0.25) is 0 Å². The Bertz CT molecular complexity index is 440. The molecular formula is C13H13F3NO2. The lowest BCUT2D eigenvalue weighted by Crippen LogP contribution is -2.37. The maximum Gasteiger partial charge on any atom is 0.418 e. The molecule has 1 aliphatic rings. The molecule has 0 spiro atoms. The van der Waals surface area contributed by atoms with Crippen LogP contribution in [-0.2, 0) is 15.7 Å². The maximum atomic E-state index is 12.9. The van der Waals surface area contributed by atoms with Gasteiger partial charge in [0.15, 0.2) is 0 Å². The van der Waals surface area contributed by atoms with Crippen LogP contribution in [0.1, 0.15) is 18.4 Å². The second-order valence-corrected chi connectivity index (χ2v) is 4.40. The molecule has 0 aliphatic carbocycles. The molecule has 1 aromatic carbocycles. The summed E-state index contributed by atoms with van der Waals surface area (Å²) < 4.78 is 43.4. The molecule has 0 aromatic heterocycles. The van der Waals surface area contributed by atoms with Crippen molar-refractivity contribution in [2.45, 2.75) is 25.1 Å². The summed E-state index contributed by atoms with van der Waals surface area (Å²) in [7, 11) is 0. The van der Waals surface area contributed by atoms with E-state index in [1.54, 1.807) is 11.0 Å². The molecule has 2 rings (SSSR count). The molecule has 1 saturated heterocycles. The number of hydrogen-bond acceptors (Lipinski definition) is 3. The molecule has 1 aliphatic heterocycles. The second-order valence-electron chi connectivity index (χ2n) is 4.40. The average Bonchev–Trinajstić information content (AvgIpc) is 2.39. The van der Waals surface area contributed by atoms with Gasteiger partial charge in [0.25, 0.3) is 0 Å². The van der Waals surface area contributed by atoms with Gasteiger partial charge in [-0.3, -0.25) is 0 Å². The largest absolute Gasteiger partial charge is 0.454 e. The van der Waals surface area contributed by atoms with E-state index in [1.807, 2.05) is 0 Å². The Morgan fingerprint density at radius 1 is 1.21 bits per heavy atom. The number of rotatable bonds is 3. The Labute approximate surface area is 109 Å². The van der Waals surface area contributed by atoms with Gasteiger partial charge in [-0.15, -0.1) is 0 Å². The van der Waals surface area contributed by atoms with E-state index < -0.39 is 11.7 Å². The van der Waals surface area contributed by atoms with Crippen molar-refractivity contribution >= 4 is 12.2 Å². The predicted octanol–water partition coefficient (Wildman–Crippen LogP) is 2.76. The van der Waals surface area contributed by atoms with Crippen LogP contribution in [0.5, 0.6) is 0 Å². The highest BCUT2D eigenvalue weighted by atomic mass is 19.4. The van der Waals surface area contributed by atoms with Gasteiger partial charge in [-0.1, -0.05) is 12.1 Å². The van der Waals surface area contributed by atoms with Crippen molar-refractivity contribution in [3.05, 3.63) is 29.8 Å². The van der Waals surface area contributed by atoms with E-state index in [0.29, 0.717) is 25.9 Å². The molecule has 0 atom stereocenters. The Balaban J connectivity index is 2.14. The summed E-state index contributed by atoms with van der Waals surface area (Å²) in [5.74, 6) is 0. The van der Waals surface area contributed by atoms with Crippen molar-refractivity contribution in [2.75, 3.05) is 18.0 Å². The molecule has 1 radical (unpaired) electrons. The van der Waals surface area contributed by atoms with Crippen molar-refractivity contribution in [2.24, 2.45) is 0 Å². The zero-order valence-corrected chi connectivity index (χ0v) is 10.1. The lowest BCUT2D eigenvalue weighted by Gasteiger charge is -2.33. The number of hydrogen-bond donors (Lipinski definition) is 0. The van der Waals surface area contributed by atoms with E-state index in [0.717, 1.165) is 6.07 Å². The normalized spacial score (nSPS) is 17.3. The van der Waals surface area contributed by atoms with Crippen molar-refractivity contribution in [1.82, 2.24) is 0 Å². The third kappa shape index (κ3) is 3.19. The molecule has 0 amide bonds. The number of halogens is 3. The van der Waals surface area contributed by atoms with Crippen molar-refractivity contribution in [3.63, 3.8) is 0 Å². The van der Waals surface area contributed by atoms with E-state index in [-0.39, 0.29) is 11.8 Å². The number of anilines is 1. The molecule has 1 aromatic rings. The van der Waals surface area contributed by atoms with Crippen LogP contribution in [0, 0.1) is 0 Å². The van der Waals surface area contributed by atoms with Crippen LogP contribution in [0.4, 0.5) is 18.9 Å². The molecule has 6 heteroatoms. The van der Waals surface area contributed by atoms with Crippen LogP contribution < -0.4 is 4.90 Å². The molecule has 0 N–H and O–H groups in total. The summed E-state index contributed by atoms with van der Waals surface area (Å²) >= 11 is 0. The van der Waals surface area contributed by atoms with Crippen LogP contribution in [-0.4, -0.2) is 25.7 Å². The molecule has 3 nitrogen and oxygen atoms in total. The fourth-order valence-electron chi connectivity index (χ4n) is 2.27. The summed E-state index contributed by atoms with van der Waals surface area (Å²) in [6.07, 6.45) is -3.57. The van der Waals surface area contributed by atoms with Gasteiger partial charge in [0, 0.05) is 31.6 Å². The molecule has 1 heterocycles. The maximum absolute atomic E-state index is 12.9. The fraction of sp³-hybridized carbons (Fsp3) is 0.462. The molecule has 0 saturated carbocycles. The first-order valence-corrected chi connectivity index (χ1v) is 5.96. The summed E-state index contributed by atoms with van der Waals surface area (Å²) in [6, 6.07) is 5.52. The van der Waals surface area contributed by atoms with Crippen LogP contribution in [0.2, 0.25) is 0 Å². The van der Waals surface area contributed by atoms with Crippen LogP contribution >= 0.6 is 0 Å². The van der Waals surface area contributed by atoms with Crippen molar-refractivity contribution in [3.8, 4) is 0 Å². The quantitative estimate of drug-likeness (QED) is 0.847. The zero-order valence-electron chi connectivity index (χ0n) is 10.1. The second kappa shape index (κ2) is 5.50. The average molecular weight is 272 g/mol. The minimum absolute atomic E-state index is 0.184. The van der Waals surface area contributed by atoms with E-state index in [2.05, 4.69) is 0 Å². The Morgan fingerprint density at radius 3 is 2.42 bits per heavy atom. The molecule has 103 valence electrons. The smallest absolute Gasteiger partial charge is 0.418 e. The van der Waals surface area contributed by atoms with Gasteiger partial charge in [-0.2, -0.15) is 13.2 Å². The van der Waals surface area contributed by atoms with Gasteiger partial charge >= 0.3 is 12.6 Å². The number of ether oxygens (including phenoxy) is 1. The fourth-order valence-corrected chi connectivity index (χ4v) is 2.27. The molecule has 0 bridgehead atoms. The number of benzene rings is 1. The third-order valence-corrected chi connectivity index (χ3v) is 3.21. The first-order valence-electron chi connectivity index (χ1n) is 5.96. The van der Waals surface area contributed by atoms with Crippen molar-refractivity contribution < 1.29 is 22.7 Å². The first kappa shape index (κ1) is 13.7. The lowest BCUT2D eigenvalue weighted by molar-refractivity contribution is -0.137. The highest BCUT2D eigenvalue weighted by Gasteiger charge is 2.35. The summed E-state index contributed by atoms with van der Waals surface area (Å²) in [5.41, 5.74) is -0.445. The minimum atomic E-state index is -4.36. The molecule has 19 heavy (non-hydrogen) atoms. The zero-order chi connectivity index (χ0) is 13.9. The van der Waals surface area contributed by atoms with E-state index in [9.17, 15) is 18.0 Å². The number of carbonyl (C=O) groups excluding carboxylic acids is 1. The summed E-state index contributed by atoms with van der Waals surface area (Å²) in [6.45, 7) is 2.24. The highest BCUT2D eigenvalue weighted by molar-refractivity contribution is 5.55. The van der Waals surface area contributed by atoms with E-state index >= 15 is 0 Å². The van der Waals surface area contributed by atoms with Gasteiger partial charge in [-0.05, 0) is 12.1 Å². The standard InChI is InChI=1S/C13H13F3NO2/c14-13(15,16)11-3-1-2-4-12(11)17-7-5-10(6-8-17)19-9-18/h1-4,10H,5-8H2. The van der Waals surface area contributed by atoms with Crippen LogP contribution in [0.25, 0.3) is 0 Å². The lowest BCUT2D eigenvalue weighted by atomic mass is 10.0. The van der Waals surface area contributed by atoms with E-state index in [1.165, 1.54) is 18.6 Å². The topological polar surface area (TPSA) is 29.5 Å². The molecular weight excluding hydrogens is 259 g/mol. The Kier molecular flexibility index (Phi) is 3.97. The van der Waals surface area contributed by atoms with E-state index in [4.69, 9.17) is 4.74 Å². The predicted molar refractivity (Wildman–Crippen MR) is 63.5 cm³/mol. The van der Waals surface area contributed by atoms with Crippen LogP contribution in [0.3, 0.4) is 0 Å². The van der Waals surface area contributed by atoms with Gasteiger partial charge in [-0.25, -0.2) is 4.79 Å². The molecule has 1 fully saturated rings. The number of piperidine rings is 1. The monoisotopic (exact) mass is 272 g/mol. The number of alkyl halides is 3. The number of para-hydroxylation sites is 1.